The predicted molar refractivity (Wildman–Crippen MR) is 124 cm³/mol. The first kappa shape index (κ1) is 24.9. The Bertz CT molecular complexity index is 1040. The first-order chi connectivity index (χ1) is 15.4. The second kappa shape index (κ2) is 9.64. The molecule has 0 bridgehead atoms. The van der Waals surface area contributed by atoms with Gasteiger partial charge < -0.3 is 25.6 Å². The maximum Gasteiger partial charge on any atom is 0.247 e. The molecular weight excluding hydrogens is 492 g/mol. The smallest absolute Gasteiger partial charge is 0.247 e. The number of aromatic nitrogens is 1. The molecule has 4 N–H and O–H groups in total. The Morgan fingerprint density at radius 2 is 1.94 bits per heavy atom. The van der Waals surface area contributed by atoms with Crippen molar-refractivity contribution in [3.8, 4) is 0 Å². The number of hydrogen-bond acceptors (Lipinski definition) is 6. The molecule has 1 aliphatic rings. The van der Waals surface area contributed by atoms with Gasteiger partial charge in [0.2, 0.25) is 17.7 Å². The lowest BCUT2D eigenvalue weighted by atomic mass is 9.90. The normalized spacial score (nSPS) is 21.0. The van der Waals surface area contributed by atoms with Gasteiger partial charge in [0.1, 0.15) is 23.3 Å². The van der Waals surface area contributed by atoms with Crippen LogP contribution in [-0.2, 0) is 19.9 Å². The molecule has 0 radical (unpaired) electrons. The maximum absolute atomic E-state index is 13.5. The summed E-state index contributed by atoms with van der Waals surface area (Å²) in [5.74, 6) is -2.05. The molecule has 178 valence electrons. The van der Waals surface area contributed by atoms with E-state index in [1.807, 2.05) is 13.8 Å². The molecule has 1 fully saturated rings. The monoisotopic (exact) mass is 520 g/mol. The van der Waals surface area contributed by atoms with Crippen LogP contribution in [0.4, 0.5) is 0 Å². The quantitative estimate of drug-likeness (QED) is 0.509. The number of halogens is 1. The molecule has 3 unspecified atom stereocenters. The zero-order valence-corrected chi connectivity index (χ0v) is 20.6. The molecule has 0 saturated carbocycles. The molecular formula is C23H29BrN4O5. The first-order valence-electron chi connectivity index (χ1n) is 10.7. The summed E-state index contributed by atoms with van der Waals surface area (Å²) in [6.45, 7) is 7.03. The van der Waals surface area contributed by atoms with Crippen molar-refractivity contribution in [2.75, 3.05) is 6.54 Å². The molecule has 3 amide bonds. The maximum atomic E-state index is 13.5. The Kier molecular flexibility index (Phi) is 7.28. The van der Waals surface area contributed by atoms with Crippen molar-refractivity contribution < 1.29 is 24.0 Å². The van der Waals surface area contributed by atoms with E-state index in [0.29, 0.717) is 17.0 Å². The third-order valence-corrected chi connectivity index (χ3v) is 6.57. The van der Waals surface area contributed by atoms with Crippen molar-refractivity contribution in [2.45, 2.75) is 57.7 Å². The van der Waals surface area contributed by atoms with Crippen molar-refractivity contribution in [1.82, 2.24) is 15.4 Å². The minimum atomic E-state index is -1.50. The van der Waals surface area contributed by atoms with Crippen molar-refractivity contribution in [3.05, 3.63) is 51.8 Å². The van der Waals surface area contributed by atoms with Gasteiger partial charge in [0.15, 0.2) is 0 Å². The van der Waals surface area contributed by atoms with E-state index in [1.54, 1.807) is 37.3 Å². The highest BCUT2D eigenvalue weighted by molar-refractivity contribution is 9.10. The topological polar surface area (TPSA) is 139 Å². The van der Waals surface area contributed by atoms with Gasteiger partial charge >= 0.3 is 0 Å². The van der Waals surface area contributed by atoms with E-state index in [2.05, 4.69) is 26.4 Å². The Morgan fingerprint density at radius 3 is 2.45 bits per heavy atom. The van der Waals surface area contributed by atoms with E-state index in [4.69, 9.17) is 10.3 Å². The first-order valence-corrected chi connectivity index (χ1v) is 11.5. The van der Waals surface area contributed by atoms with Crippen molar-refractivity contribution in [2.24, 2.45) is 11.7 Å². The summed E-state index contributed by atoms with van der Waals surface area (Å²) in [4.78, 5) is 40.6. The van der Waals surface area contributed by atoms with E-state index in [1.165, 1.54) is 11.8 Å². The second-order valence-corrected chi connectivity index (χ2v) is 9.89. The van der Waals surface area contributed by atoms with Crippen LogP contribution < -0.4 is 11.1 Å². The molecule has 1 aromatic carbocycles. The number of aliphatic hydroxyl groups excluding tert-OH is 1. The minimum Gasteiger partial charge on any atom is -0.391 e. The van der Waals surface area contributed by atoms with Crippen LogP contribution in [0.2, 0.25) is 0 Å². The fraction of sp³-hybridized carbons (Fsp3) is 0.478. The molecule has 1 saturated heterocycles. The molecule has 0 spiro atoms. The number of aryl methyl sites for hydroxylation is 1. The number of primary amides is 1. The summed E-state index contributed by atoms with van der Waals surface area (Å²) >= 11 is 3.34. The van der Waals surface area contributed by atoms with Crippen LogP contribution in [0, 0.1) is 12.8 Å². The molecule has 2 heterocycles. The fourth-order valence-corrected chi connectivity index (χ4v) is 4.40. The molecule has 3 rings (SSSR count). The average molecular weight is 521 g/mol. The van der Waals surface area contributed by atoms with Crippen LogP contribution in [0.25, 0.3) is 0 Å². The van der Waals surface area contributed by atoms with Gasteiger partial charge in [0.25, 0.3) is 0 Å². The van der Waals surface area contributed by atoms with Crippen LogP contribution >= 0.6 is 15.9 Å². The lowest BCUT2D eigenvalue weighted by Crippen LogP contribution is -2.57. The molecule has 33 heavy (non-hydrogen) atoms. The third kappa shape index (κ3) is 5.11. The largest absolute Gasteiger partial charge is 0.391 e. The van der Waals surface area contributed by atoms with Crippen molar-refractivity contribution >= 4 is 33.7 Å². The van der Waals surface area contributed by atoms with Gasteiger partial charge in [-0.25, -0.2) is 0 Å². The summed E-state index contributed by atoms with van der Waals surface area (Å²) in [5, 5.41) is 16.9. The number of likely N-dealkylation sites (tertiary alicyclic amines) is 1. The van der Waals surface area contributed by atoms with E-state index in [9.17, 15) is 19.5 Å². The van der Waals surface area contributed by atoms with E-state index in [0.717, 1.165) is 4.47 Å². The van der Waals surface area contributed by atoms with Crippen LogP contribution in [0.5, 0.6) is 0 Å². The van der Waals surface area contributed by atoms with Gasteiger partial charge in [0.05, 0.1) is 11.8 Å². The molecule has 10 heteroatoms. The predicted octanol–water partition coefficient (Wildman–Crippen LogP) is 1.96. The van der Waals surface area contributed by atoms with Gasteiger partial charge in [-0.15, -0.1) is 0 Å². The number of nitrogens with one attached hydrogen (secondary N) is 1. The standard InChI is InChI=1S/C23H29BrN4O5/c1-12(2)19(18-9-13(3)27-33-18)21(31)28-11-16(29)10-17(28)20(30)26-23(4,22(25)32)14-5-7-15(24)8-6-14/h5-9,12,16-17,19,29H,10-11H2,1-4H3,(H2,25,32)(H,26,30)/t16?,17?,19-,23?/m1/s1. The second-order valence-electron chi connectivity index (χ2n) is 8.97. The molecule has 4 atom stereocenters. The van der Waals surface area contributed by atoms with E-state index >= 15 is 0 Å². The Hall–Kier alpha value is -2.72. The van der Waals surface area contributed by atoms with E-state index < -0.39 is 35.4 Å². The Morgan fingerprint density at radius 1 is 1.30 bits per heavy atom. The molecule has 2 aromatic rings. The molecule has 1 aromatic heterocycles. The van der Waals surface area contributed by atoms with E-state index in [-0.39, 0.29) is 24.8 Å². The number of carbonyl (C=O) groups is 3. The summed E-state index contributed by atoms with van der Waals surface area (Å²) in [6, 6.07) is 7.58. The number of carbonyl (C=O) groups excluding carboxylic acids is 3. The third-order valence-electron chi connectivity index (χ3n) is 6.04. The summed E-state index contributed by atoms with van der Waals surface area (Å²) < 4.78 is 6.15. The van der Waals surface area contributed by atoms with Gasteiger partial charge in [0, 0.05) is 23.5 Å². The Labute approximate surface area is 200 Å². The molecule has 1 aliphatic heterocycles. The highest BCUT2D eigenvalue weighted by Crippen LogP contribution is 2.32. The van der Waals surface area contributed by atoms with Crippen LogP contribution in [-0.4, -0.2) is 51.6 Å². The minimum absolute atomic E-state index is 0.00116. The Balaban J connectivity index is 1.88. The zero-order valence-electron chi connectivity index (χ0n) is 19.0. The molecule has 0 aliphatic carbocycles. The number of β-amino-alcohol motifs (C(OH)–C–C–N with tert-alkyl or cyclic N) is 1. The molecule has 9 nitrogen and oxygen atoms in total. The number of nitrogens with two attached hydrogens (primary N) is 1. The van der Waals surface area contributed by atoms with Crippen LogP contribution in [0.1, 0.15) is 50.1 Å². The van der Waals surface area contributed by atoms with Crippen molar-refractivity contribution in [3.63, 3.8) is 0 Å². The number of amides is 3. The average Bonchev–Trinajstić information content (AvgIpc) is 3.33. The number of rotatable bonds is 7. The summed E-state index contributed by atoms with van der Waals surface area (Å²) in [5.41, 5.74) is 5.31. The zero-order chi connectivity index (χ0) is 24.5. The van der Waals surface area contributed by atoms with Gasteiger partial charge in [-0.3, -0.25) is 14.4 Å². The van der Waals surface area contributed by atoms with Gasteiger partial charge in [-0.05, 0) is 37.5 Å². The fourth-order valence-electron chi connectivity index (χ4n) is 4.14. The number of hydrogen-bond donors (Lipinski definition) is 3. The summed E-state index contributed by atoms with van der Waals surface area (Å²) in [7, 11) is 0. The number of nitrogens with zero attached hydrogens (tertiary/aromatic N) is 2. The lowest BCUT2D eigenvalue weighted by Gasteiger charge is -2.33. The van der Waals surface area contributed by atoms with Gasteiger partial charge in [-0.2, -0.15) is 0 Å². The number of aliphatic hydroxyl groups is 1. The lowest BCUT2D eigenvalue weighted by molar-refractivity contribution is -0.142. The number of benzene rings is 1. The highest BCUT2D eigenvalue weighted by atomic mass is 79.9. The highest BCUT2D eigenvalue weighted by Gasteiger charge is 2.45. The van der Waals surface area contributed by atoms with Crippen LogP contribution in [0.3, 0.4) is 0 Å². The van der Waals surface area contributed by atoms with Crippen molar-refractivity contribution in [1.29, 1.82) is 0 Å². The van der Waals surface area contributed by atoms with Gasteiger partial charge in [-0.1, -0.05) is 47.1 Å². The summed E-state index contributed by atoms with van der Waals surface area (Å²) in [6.07, 6.45) is -0.825. The SMILES string of the molecule is Cc1cc([C@H](C(=O)N2CC(O)CC2C(=O)NC(C)(C(N)=O)c2ccc(Br)cc2)C(C)C)on1. The van der Waals surface area contributed by atoms with Crippen LogP contribution in [0.15, 0.2) is 39.3 Å².